The second-order valence-corrected chi connectivity index (χ2v) is 7.03. The van der Waals surface area contributed by atoms with Gasteiger partial charge in [-0.15, -0.1) is 0 Å². The Morgan fingerprint density at radius 2 is 1.67 bits per heavy atom. The monoisotopic (exact) mass is 331 g/mol. The van der Waals surface area contributed by atoms with Crippen LogP contribution in [-0.2, 0) is 9.59 Å². The van der Waals surface area contributed by atoms with Crippen LogP contribution in [0.2, 0.25) is 0 Å². The molecule has 1 heterocycles. The number of hydrogen-bond acceptors (Lipinski definition) is 3. The average Bonchev–Trinajstić information content (AvgIpc) is 2.53. The van der Waals surface area contributed by atoms with Crippen LogP contribution in [0.1, 0.15) is 49.4 Å². The molecular formula is C19H29N3O2. The third kappa shape index (κ3) is 4.57. The first-order valence-corrected chi connectivity index (χ1v) is 8.70. The molecule has 5 heteroatoms. The number of nitrogens with one attached hydrogen (secondary N) is 1. The highest BCUT2D eigenvalue weighted by Crippen LogP contribution is 2.20. The second kappa shape index (κ2) is 7.79. The molecule has 1 saturated heterocycles. The summed E-state index contributed by atoms with van der Waals surface area (Å²) in [6.07, 6.45) is 1.33. The Hall–Kier alpha value is -1.88. The molecule has 1 aliphatic heterocycles. The fourth-order valence-corrected chi connectivity index (χ4v) is 3.46. The average molecular weight is 331 g/mol. The standard InChI is InChI=1S/C19H29N3O2/c1-12-9-13(2)11-17(10-12)14(3)21-15(4)19(24)22-7-5-16(6-8-22)18(20)23/h9-11,14-16,21H,5-8H2,1-4H3,(H2,20,23)/t14-,15-/m1/s1. The lowest BCUT2D eigenvalue weighted by Crippen LogP contribution is -2.49. The van der Waals surface area contributed by atoms with Crippen LogP contribution in [0, 0.1) is 19.8 Å². The first-order chi connectivity index (χ1) is 11.3. The molecule has 132 valence electrons. The molecule has 2 rings (SSSR count). The molecule has 0 saturated carbocycles. The van der Waals surface area contributed by atoms with Crippen LogP contribution < -0.4 is 11.1 Å². The number of primary amides is 1. The number of likely N-dealkylation sites (tertiary alicyclic amines) is 1. The van der Waals surface area contributed by atoms with Crippen molar-refractivity contribution in [2.24, 2.45) is 11.7 Å². The van der Waals surface area contributed by atoms with Crippen molar-refractivity contribution in [3.05, 3.63) is 34.9 Å². The largest absolute Gasteiger partial charge is 0.369 e. The molecule has 0 aromatic heterocycles. The summed E-state index contributed by atoms with van der Waals surface area (Å²) in [7, 11) is 0. The van der Waals surface area contributed by atoms with E-state index in [0.29, 0.717) is 25.9 Å². The zero-order chi connectivity index (χ0) is 17.9. The molecule has 5 nitrogen and oxygen atoms in total. The zero-order valence-electron chi connectivity index (χ0n) is 15.1. The van der Waals surface area contributed by atoms with E-state index in [-0.39, 0.29) is 29.8 Å². The van der Waals surface area contributed by atoms with Gasteiger partial charge in [0.1, 0.15) is 0 Å². The molecule has 0 radical (unpaired) electrons. The molecule has 0 aliphatic carbocycles. The summed E-state index contributed by atoms with van der Waals surface area (Å²) >= 11 is 0. The molecule has 0 spiro atoms. The number of aryl methyl sites for hydroxylation is 2. The Morgan fingerprint density at radius 1 is 1.12 bits per heavy atom. The molecule has 0 bridgehead atoms. The number of carbonyl (C=O) groups is 2. The van der Waals surface area contributed by atoms with Crippen molar-refractivity contribution in [2.75, 3.05) is 13.1 Å². The minimum atomic E-state index is -0.258. The van der Waals surface area contributed by atoms with Crippen molar-refractivity contribution in [3.63, 3.8) is 0 Å². The van der Waals surface area contributed by atoms with Crippen molar-refractivity contribution in [1.82, 2.24) is 10.2 Å². The lowest BCUT2D eigenvalue weighted by Gasteiger charge is -2.33. The molecular weight excluding hydrogens is 302 g/mol. The van der Waals surface area contributed by atoms with Gasteiger partial charge in [-0.2, -0.15) is 0 Å². The van der Waals surface area contributed by atoms with E-state index in [1.807, 2.05) is 11.8 Å². The highest BCUT2D eigenvalue weighted by Gasteiger charge is 2.28. The van der Waals surface area contributed by atoms with Crippen LogP contribution in [0.4, 0.5) is 0 Å². The van der Waals surface area contributed by atoms with Gasteiger partial charge in [0.05, 0.1) is 6.04 Å². The number of benzene rings is 1. The van der Waals surface area contributed by atoms with Gasteiger partial charge in [0.15, 0.2) is 0 Å². The molecule has 1 aromatic carbocycles. The maximum Gasteiger partial charge on any atom is 0.239 e. The van der Waals surface area contributed by atoms with Crippen LogP contribution in [0.5, 0.6) is 0 Å². The summed E-state index contributed by atoms with van der Waals surface area (Å²) in [5.41, 5.74) is 9.00. The van der Waals surface area contributed by atoms with Gasteiger partial charge >= 0.3 is 0 Å². The van der Waals surface area contributed by atoms with E-state index in [1.54, 1.807) is 0 Å². The fraction of sp³-hybridized carbons (Fsp3) is 0.579. The van der Waals surface area contributed by atoms with E-state index in [9.17, 15) is 9.59 Å². The first kappa shape index (κ1) is 18.5. The van der Waals surface area contributed by atoms with Crippen molar-refractivity contribution in [1.29, 1.82) is 0 Å². The Balaban J connectivity index is 1.93. The molecule has 2 atom stereocenters. The third-order valence-corrected chi connectivity index (χ3v) is 4.82. The number of carbonyl (C=O) groups excluding carboxylic acids is 2. The predicted molar refractivity (Wildman–Crippen MR) is 95.4 cm³/mol. The highest BCUT2D eigenvalue weighted by atomic mass is 16.2. The topological polar surface area (TPSA) is 75.4 Å². The maximum atomic E-state index is 12.6. The van der Waals surface area contributed by atoms with Crippen LogP contribution >= 0.6 is 0 Å². The molecule has 2 amide bonds. The minimum absolute atomic E-state index is 0.0912. The molecule has 3 N–H and O–H groups in total. The lowest BCUT2D eigenvalue weighted by molar-refractivity contribution is -0.136. The molecule has 24 heavy (non-hydrogen) atoms. The first-order valence-electron chi connectivity index (χ1n) is 8.70. The quantitative estimate of drug-likeness (QED) is 0.867. The van der Waals surface area contributed by atoms with E-state index >= 15 is 0 Å². The summed E-state index contributed by atoms with van der Waals surface area (Å²) in [6.45, 7) is 9.37. The van der Waals surface area contributed by atoms with Crippen LogP contribution in [-0.4, -0.2) is 35.8 Å². The normalized spacial score (nSPS) is 18.2. The van der Waals surface area contributed by atoms with Crippen LogP contribution in [0.15, 0.2) is 18.2 Å². The number of rotatable bonds is 5. The van der Waals surface area contributed by atoms with Crippen LogP contribution in [0.3, 0.4) is 0 Å². The summed E-state index contributed by atoms with van der Waals surface area (Å²) in [5, 5.41) is 3.40. The molecule has 1 aliphatic rings. The maximum absolute atomic E-state index is 12.6. The van der Waals surface area contributed by atoms with E-state index < -0.39 is 0 Å². The van der Waals surface area contributed by atoms with E-state index in [0.717, 1.165) is 0 Å². The Morgan fingerprint density at radius 3 is 2.17 bits per heavy atom. The second-order valence-electron chi connectivity index (χ2n) is 7.03. The molecule has 1 fully saturated rings. The fourth-order valence-electron chi connectivity index (χ4n) is 3.46. The number of amides is 2. The minimum Gasteiger partial charge on any atom is -0.369 e. The van der Waals surface area contributed by atoms with E-state index in [4.69, 9.17) is 5.73 Å². The van der Waals surface area contributed by atoms with Gasteiger partial charge in [-0.3, -0.25) is 14.9 Å². The predicted octanol–water partition coefficient (Wildman–Crippen LogP) is 2.07. The van der Waals surface area contributed by atoms with Gasteiger partial charge < -0.3 is 10.6 Å². The van der Waals surface area contributed by atoms with Gasteiger partial charge in [0.2, 0.25) is 11.8 Å². The van der Waals surface area contributed by atoms with Gasteiger partial charge in [-0.05, 0) is 46.1 Å². The summed E-state index contributed by atoms with van der Waals surface area (Å²) in [5.74, 6) is -0.252. The van der Waals surface area contributed by atoms with Crippen molar-refractivity contribution >= 4 is 11.8 Å². The van der Waals surface area contributed by atoms with Crippen molar-refractivity contribution in [2.45, 2.75) is 52.6 Å². The highest BCUT2D eigenvalue weighted by molar-refractivity contribution is 5.82. The number of hydrogen-bond donors (Lipinski definition) is 2. The Kier molecular flexibility index (Phi) is 5.99. The van der Waals surface area contributed by atoms with Crippen LogP contribution in [0.25, 0.3) is 0 Å². The van der Waals surface area contributed by atoms with E-state index in [2.05, 4.69) is 44.3 Å². The number of nitrogens with two attached hydrogens (primary N) is 1. The summed E-state index contributed by atoms with van der Waals surface area (Å²) in [4.78, 5) is 25.7. The molecule has 0 unspecified atom stereocenters. The Labute approximate surface area is 144 Å². The van der Waals surface area contributed by atoms with E-state index in [1.165, 1.54) is 16.7 Å². The third-order valence-electron chi connectivity index (χ3n) is 4.82. The van der Waals surface area contributed by atoms with Gasteiger partial charge in [0.25, 0.3) is 0 Å². The van der Waals surface area contributed by atoms with Crippen molar-refractivity contribution in [3.8, 4) is 0 Å². The number of piperidine rings is 1. The van der Waals surface area contributed by atoms with Gasteiger partial charge in [0, 0.05) is 25.0 Å². The summed E-state index contributed by atoms with van der Waals surface area (Å²) in [6, 6.07) is 6.30. The molecule has 1 aromatic rings. The summed E-state index contributed by atoms with van der Waals surface area (Å²) < 4.78 is 0. The SMILES string of the molecule is Cc1cc(C)cc([C@@H](C)N[C@H](C)C(=O)N2CCC(C(N)=O)CC2)c1. The Bertz CT molecular complexity index is 586. The van der Waals surface area contributed by atoms with Gasteiger partial charge in [-0.25, -0.2) is 0 Å². The lowest BCUT2D eigenvalue weighted by atomic mass is 9.96. The van der Waals surface area contributed by atoms with Crippen molar-refractivity contribution < 1.29 is 9.59 Å². The van der Waals surface area contributed by atoms with Gasteiger partial charge in [-0.1, -0.05) is 29.3 Å². The zero-order valence-corrected chi connectivity index (χ0v) is 15.1. The smallest absolute Gasteiger partial charge is 0.239 e. The number of nitrogens with zero attached hydrogens (tertiary/aromatic N) is 1.